The third-order valence-electron chi connectivity index (χ3n) is 4.68. The van der Waals surface area contributed by atoms with Crippen molar-refractivity contribution in [2.24, 2.45) is 0 Å². The predicted octanol–water partition coefficient (Wildman–Crippen LogP) is 6.17. The lowest BCUT2D eigenvalue weighted by atomic mass is 10.1. The van der Waals surface area contributed by atoms with Crippen LogP contribution in [-0.4, -0.2) is 6.04 Å². The Kier molecular flexibility index (Phi) is 7.46. The molecule has 4 heteroatoms. The number of aryl methyl sites for hydroxylation is 1. The molecular formula is C24H25ClFNO. The zero-order chi connectivity index (χ0) is 19.8. The van der Waals surface area contributed by atoms with E-state index >= 15 is 0 Å². The van der Waals surface area contributed by atoms with Gasteiger partial charge in [0.2, 0.25) is 0 Å². The van der Waals surface area contributed by atoms with Crippen molar-refractivity contribution in [3.63, 3.8) is 0 Å². The molecule has 0 bridgehead atoms. The minimum absolute atomic E-state index is 0.246. The van der Waals surface area contributed by atoms with Gasteiger partial charge in [-0.1, -0.05) is 54.1 Å². The van der Waals surface area contributed by atoms with Gasteiger partial charge in [-0.15, -0.1) is 0 Å². The molecule has 1 N–H and O–H groups in total. The van der Waals surface area contributed by atoms with Crippen LogP contribution in [0.1, 0.15) is 30.0 Å². The van der Waals surface area contributed by atoms with Crippen molar-refractivity contribution in [1.82, 2.24) is 5.32 Å². The molecule has 0 heterocycles. The van der Waals surface area contributed by atoms with Crippen molar-refractivity contribution >= 4 is 11.6 Å². The van der Waals surface area contributed by atoms with Gasteiger partial charge in [0.25, 0.3) is 0 Å². The van der Waals surface area contributed by atoms with E-state index in [1.54, 1.807) is 12.1 Å². The lowest BCUT2D eigenvalue weighted by molar-refractivity contribution is 0.301. The molecule has 0 saturated carbocycles. The van der Waals surface area contributed by atoms with Gasteiger partial charge in [-0.05, 0) is 61.2 Å². The average Bonchev–Trinajstić information content (AvgIpc) is 2.72. The maximum absolute atomic E-state index is 13.0. The van der Waals surface area contributed by atoms with E-state index in [4.69, 9.17) is 16.3 Å². The molecule has 0 amide bonds. The molecule has 0 aliphatic heterocycles. The minimum atomic E-state index is -0.246. The van der Waals surface area contributed by atoms with Crippen LogP contribution in [-0.2, 0) is 19.6 Å². The van der Waals surface area contributed by atoms with Gasteiger partial charge in [-0.2, -0.15) is 0 Å². The number of nitrogens with one attached hydrogen (secondary N) is 1. The molecule has 3 aromatic carbocycles. The van der Waals surface area contributed by atoms with E-state index in [2.05, 4.69) is 36.5 Å². The van der Waals surface area contributed by atoms with E-state index in [1.165, 1.54) is 17.7 Å². The Morgan fingerprint density at radius 2 is 1.71 bits per heavy atom. The van der Waals surface area contributed by atoms with Gasteiger partial charge in [0.05, 0.1) is 0 Å². The molecule has 2 nitrogen and oxygen atoms in total. The molecule has 0 aliphatic carbocycles. The van der Waals surface area contributed by atoms with Crippen LogP contribution in [0.5, 0.6) is 5.75 Å². The number of hydrogen-bond donors (Lipinski definition) is 1. The van der Waals surface area contributed by atoms with Gasteiger partial charge in [0.15, 0.2) is 0 Å². The molecule has 3 rings (SSSR count). The van der Waals surface area contributed by atoms with E-state index in [0.717, 1.165) is 29.7 Å². The van der Waals surface area contributed by atoms with E-state index in [0.29, 0.717) is 24.2 Å². The maximum atomic E-state index is 13.0. The summed E-state index contributed by atoms with van der Waals surface area (Å²) in [4.78, 5) is 0. The van der Waals surface area contributed by atoms with Crippen LogP contribution in [0.3, 0.4) is 0 Å². The van der Waals surface area contributed by atoms with Crippen molar-refractivity contribution in [2.45, 2.75) is 39.0 Å². The van der Waals surface area contributed by atoms with Crippen LogP contribution in [0.15, 0.2) is 72.8 Å². The fraction of sp³-hybridized carbons (Fsp3) is 0.250. The number of ether oxygens (including phenoxy) is 1. The topological polar surface area (TPSA) is 21.3 Å². The molecule has 0 saturated heterocycles. The van der Waals surface area contributed by atoms with E-state index < -0.39 is 0 Å². The number of benzene rings is 3. The summed E-state index contributed by atoms with van der Waals surface area (Å²) >= 11 is 6.18. The van der Waals surface area contributed by atoms with Crippen molar-refractivity contribution in [3.8, 4) is 5.75 Å². The Hall–Kier alpha value is -2.36. The van der Waals surface area contributed by atoms with Crippen LogP contribution in [0.4, 0.5) is 4.39 Å². The molecular weight excluding hydrogens is 373 g/mol. The Morgan fingerprint density at radius 3 is 2.46 bits per heavy atom. The van der Waals surface area contributed by atoms with Gasteiger partial charge < -0.3 is 10.1 Å². The summed E-state index contributed by atoms with van der Waals surface area (Å²) in [5.74, 6) is 0.543. The zero-order valence-electron chi connectivity index (χ0n) is 16.0. The van der Waals surface area contributed by atoms with Gasteiger partial charge >= 0.3 is 0 Å². The van der Waals surface area contributed by atoms with Crippen molar-refractivity contribution in [1.29, 1.82) is 0 Å². The summed E-state index contributed by atoms with van der Waals surface area (Å²) in [6.45, 7) is 3.25. The van der Waals surface area contributed by atoms with Gasteiger partial charge in [0.1, 0.15) is 18.2 Å². The first-order valence-electron chi connectivity index (χ1n) is 9.53. The first kappa shape index (κ1) is 20.4. The van der Waals surface area contributed by atoms with E-state index in [9.17, 15) is 4.39 Å². The summed E-state index contributed by atoms with van der Waals surface area (Å²) in [6.07, 6.45) is 2.09. The van der Waals surface area contributed by atoms with Crippen molar-refractivity contribution < 1.29 is 9.13 Å². The van der Waals surface area contributed by atoms with Crippen LogP contribution < -0.4 is 10.1 Å². The number of halogens is 2. The molecule has 0 aliphatic rings. The Morgan fingerprint density at radius 1 is 0.964 bits per heavy atom. The average molecular weight is 398 g/mol. The SMILES string of the molecule is CC(CCc1ccccc1)NCc1cc(Cl)ccc1OCc1ccc(F)cc1. The maximum Gasteiger partial charge on any atom is 0.124 e. The molecule has 1 atom stereocenters. The summed E-state index contributed by atoms with van der Waals surface area (Å²) in [5, 5.41) is 4.24. The molecule has 0 spiro atoms. The minimum Gasteiger partial charge on any atom is -0.489 e. The summed E-state index contributed by atoms with van der Waals surface area (Å²) in [7, 11) is 0. The number of rotatable bonds is 9. The largest absolute Gasteiger partial charge is 0.489 e. The van der Waals surface area contributed by atoms with E-state index in [1.807, 2.05) is 24.3 Å². The normalized spacial score (nSPS) is 12.0. The monoisotopic (exact) mass is 397 g/mol. The van der Waals surface area contributed by atoms with Gasteiger partial charge in [0, 0.05) is 23.2 Å². The highest BCUT2D eigenvalue weighted by Gasteiger charge is 2.08. The summed E-state index contributed by atoms with van der Waals surface area (Å²) in [6, 6.07) is 22.9. The molecule has 0 radical (unpaired) electrons. The second-order valence-electron chi connectivity index (χ2n) is 6.97. The molecule has 146 valence electrons. The van der Waals surface area contributed by atoms with Crippen LogP contribution in [0.25, 0.3) is 0 Å². The Bertz CT molecular complexity index is 868. The molecule has 0 fully saturated rings. The molecule has 28 heavy (non-hydrogen) atoms. The zero-order valence-corrected chi connectivity index (χ0v) is 16.8. The summed E-state index contributed by atoms with van der Waals surface area (Å²) in [5.41, 5.74) is 3.29. The first-order chi connectivity index (χ1) is 13.6. The fourth-order valence-electron chi connectivity index (χ4n) is 2.98. The fourth-order valence-corrected chi connectivity index (χ4v) is 3.18. The van der Waals surface area contributed by atoms with Gasteiger partial charge in [-0.25, -0.2) is 4.39 Å². The molecule has 0 aromatic heterocycles. The second kappa shape index (κ2) is 10.3. The highest BCUT2D eigenvalue weighted by molar-refractivity contribution is 6.30. The highest BCUT2D eigenvalue weighted by Crippen LogP contribution is 2.24. The third kappa shape index (κ3) is 6.36. The van der Waals surface area contributed by atoms with E-state index in [-0.39, 0.29) is 5.82 Å². The molecule has 1 unspecified atom stereocenters. The van der Waals surface area contributed by atoms with Crippen LogP contribution in [0.2, 0.25) is 5.02 Å². The van der Waals surface area contributed by atoms with Crippen molar-refractivity contribution in [2.75, 3.05) is 0 Å². The first-order valence-corrected chi connectivity index (χ1v) is 9.91. The lowest BCUT2D eigenvalue weighted by Crippen LogP contribution is -2.26. The molecule has 3 aromatic rings. The second-order valence-corrected chi connectivity index (χ2v) is 7.41. The lowest BCUT2D eigenvalue weighted by Gasteiger charge is -2.17. The predicted molar refractivity (Wildman–Crippen MR) is 113 cm³/mol. The van der Waals surface area contributed by atoms with Crippen molar-refractivity contribution in [3.05, 3.63) is 100 Å². The standard InChI is InChI=1S/C24H25ClFNO/c1-18(7-8-19-5-3-2-4-6-19)27-16-21-15-22(25)11-14-24(21)28-17-20-9-12-23(26)13-10-20/h2-6,9-15,18,27H,7-8,16-17H2,1H3. The van der Waals surface area contributed by atoms with Crippen LogP contribution in [0, 0.1) is 5.82 Å². The quantitative estimate of drug-likeness (QED) is 0.466. The van der Waals surface area contributed by atoms with Gasteiger partial charge in [-0.3, -0.25) is 0 Å². The summed E-state index contributed by atoms with van der Waals surface area (Å²) < 4.78 is 19.0. The third-order valence-corrected chi connectivity index (χ3v) is 4.92. The smallest absolute Gasteiger partial charge is 0.124 e. The van der Waals surface area contributed by atoms with Crippen LogP contribution >= 0.6 is 11.6 Å². The Balaban J connectivity index is 1.55. The number of hydrogen-bond acceptors (Lipinski definition) is 2. The highest BCUT2D eigenvalue weighted by atomic mass is 35.5. The Labute approximate surface area is 171 Å².